The van der Waals surface area contributed by atoms with E-state index in [4.69, 9.17) is 16.3 Å². The smallest absolute Gasteiger partial charge is 0.319 e. The zero-order valence-electron chi connectivity index (χ0n) is 17.9. The van der Waals surface area contributed by atoms with Gasteiger partial charge in [0.25, 0.3) is 0 Å². The SMILES string of the molecule is O=C(Nc1ccc(Cl)cc1)N[C@H]1CC[C@@H](CCn2cc(C3(O)CCCC3)nn2)O[C@H]1CO. The number of nitrogens with one attached hydrogen (secondary N) is 2. The summed E-state index contributed by atoms with van der Waals surface area (Å²) in [5.74, 6) is 0. The molecule has 1 saturated heterocycles. The lowest BCUT2D eigenvalue weighted by molar-refractivity contribution is -0.0905. The highest BCUT2D eigenvalue weighted by Gasteiger charge is 2.36. The van der Waals surface area contributed by atoms with Crippen LogP contribution >= 0.6 is 11.6 Å². The van der Waals surface area contributed by atoms with Crippen molar-refractivity contribution >= 4 is 23.3 Å². The second kappa shape index (κ2) is 10.2. The van der Waals surface area contributed by atoms with Crippen molar-refractivity contribution in [1.29, 1.82) is 0 Å². The standard InChI is InChI=1S/C22H30ClN5O4/c23-15-3-5-16(6-4-15)24-21(30)25-18-8-7-17(32-19(18)14-29)9-12-28-13-20(26-27-28)22(31)10-1-2-11-22/h3-6,13,17-19,29,31H,1-2,7-12,14H2,(H2,24,25,30)/t17-,18-,19-/m0/s1. The average molecular weight is 464 g/mol. The molecule has 0 radical (unpaired) electrons. The summed E-state index contributed by atoms with van der Waals surface area (Å²) in [6.45, 7) is 0.434. The molecular formula is C22H30ClN5O4. The van der Waals surface area contributed by atoms with E-state index in [0.717, 1.165) is 32.1 Å². The van der Waals surface area contributed by atoms with Gasteiger partial charge in [0.15, 0.2) is 0 Å². The van der Waals surface area contributed by atoms with Crippen molar-refractivity contribution in [3.05, 3.63) is 41.2 Å². The minimum absolute atomic E-state index is 0.0493. The molecule has 2 heterocycles. The van der Waals surface area contributed by atoms with Crippen LogP contribution in [0.15, 0.2) is 30.5 Å². The number of aromatic nitrogens is 3. The molecule has 2 fully saturated rings. The Morgan fingerprint density at radius 3 is 2.72 bits per heavy atom. The van der Waals surface area contributed by atoms with Gasteiger partial charge in [-0.1, -0.05) is 29.7 Å². The van der Waals surface area contributed by atoms with E-state index in [9.17, 15) is 15.0 Å². The molecule has 9 nitrogen and oxygen atoms in total. The maximum atomic E-state index is 12.3. The Bertz CT molecular complexity index is 900. The lowest BCUT2D eigenvalue weighted by Crippen LogP contribution is -2.52. The maximum Gasteiger partial charge on any atom is 0.319 e. The number of aliphatic hydroxyl groups is 2. The second-order valence-corrected chi connectivity index (χ2v) is 9.10. The van der Waals surface area contributed by atoms with Crippen LogP contribution in [-0.2, 0) is 16.9 Å². The van der Waals surface area contributed by atoms with Gasteiger partial charge in [0.2, 0.25) is 0 Å². The number of hydrogen-bond donors (Lipinski definition) is 4. The van der Waals surface area contributed by atoms with Gasteiger partial charge in [0.05, 0.1) is 24.9 Å². The van der Waals surface area contributed by atoms with Gasteiger partial charge in [-0.3, -0.25) is 4.68 Å². The van der Waals surface area contributed by atoms with Gasteiger partial charge in [0, 0.05) is 17.3 Å². The zero-order valence-corrected chi connectivity index (χ0v) is 18.7. The molecule has 2 aromatic rings. The Labute approximate surface area is 192 Å². The second-order valence-electron chi connectivity index (χ2n) is 8.66. The van der Waals surface area contributed by atoms with Crippen molar-refractivity contribution in [3.63, 3.8) is 0 Å². The molecular weight excluding hydrogens is 434 g/mol. The molecule has 1 aliphatic carbocycles. The summed E-state index contributed by atoms with van der Waals surface area (Å²) in [4.78, 5) is 12.3. The average Bonchev–Trinajstić information content (AvgIpc) is 3.45. The van der Waals surface area contributed by atoms with Gasteiger partial charge in [-0.15, -0.1) is 5.10 Å². The van der Waals surface area contributed by atoms with Crippen LogP contribution in [0.3, 0.4) is 0 Å². The van der Waals surface area contributed by atoms with Gasteiger partial charge >= 0.3 is 6.03 Å². The predicted molar refractivity (Wildman–Crippen MR) is 119 cm³/mol. The van der Waals surface area contributed by atoms with E-state index in [1.807, 2.05) is 6.20 Å². The summed E-state index contributed by atoms with van der Waals surface area (Å²) >= 11 is 5.86. The van der Waals surface area contributed by atoms with Crippen LogP contribution in [0, 0.1) is 0 Å². The quantitative estimate of drug-likeness (QED) is 0.501. The van der Waals surface area contributed by atoms with E-state index in [1.165, 1.54) is 0 Å². The number of nitrogens with zero attached hydrogens (tertiary/aromatic N) is 3. The van der Waals surface area contributed by atoms with Crippen molar-refractivity contribution in [2.75, 3.05) is 11.9 Å². The summed E-state index contributed by atoms with van der Waals surface area (Å²) in [6.07, 6.45) is 6.95. The minimum atomic E-state index is -0.840. The molecule has 0 bridgehead atoms. The number of amides is 2. The maximum absolute atomic E-state index is 12.3. The van der Waals surface area contributed by atoms with Crippen molar-refractivity contribution in [2.24, 2.45) is 0 Å². The first-order valence-electron chi connectivity index (χ1n) is 11.2. The van der Waals surface area contributed by atoms with Crippen molar-refractivity contribution in [2.45, 2.75) is 75.3 Å². The fraction of sp³-hybridized carbons (Fsp3) is 0.591. The largest absolute Gasteiger partial charge is 0.394 e. The summed E-state index contributed by atoms with van der Waals surface area (Å²) in [5.41, 5.74) is 0.438. The number of urea groups is 1. The summed E-state index contributed by atoms with van der Waals surface area (Å²) in [6, 6.07) is 6.22. The number of rotatable bonds is 7. The van der Waals surface area contributed by atoms with E-state index >= 15 is 0 Å². The number of carbonyl (C=O) groups excluding carboxylic acids is 1. The Morgan fingerprint density at radius 2 is 2.00 bits per heavy atom. The van der Waals surface area contributed by atoms with Gasteiger partial charge in [0.1, 0.15) is 17.4 Å². The molecule has 3 atom stereocenters. The Morgan fingerprint density at radius 1 is 1.25 bits per heavy atom. The van der Waals surface area contributed by atoms with E-state index in [2.05, 4.69) is 20.9 Å². The highest BCUT2D eigenvalue weighted by molar-refractivity contribution is 6.30. The van der Waals surface area contributed by atoms with Crippen LogP contribution in [0.2, 0.25) is 5.02 Å². The van der Waals surface area contributed by atoms with Crippen molar-refractivity contribution < 1.29 is 19.7 Å². The Hall–Kier alpha value is -2.20. The third-order valence-corrected chi connectivity index (χ3v) is 6.59. The molecule has 1 saturated carbocycles. The number of aliphatic hydroxyl groups excluding tert-OH is 1. The normalized spacial score (nSPS) is 24.9. The fourth-order valence-electron chi connectivity index (χ4n) is 4.49. The van der Waals surface area contributed by atoms with Crippen molar-refractivity contribution in [3.8, 4) is 0 Å². The van der Waals surface area contributed by atoms with Gasteiger partial charge in [-0.25, -0.2) is 4.79 Å². The van der Waals surface area contributed by atoms with Crippen LogP contribution in [0.5, 0.6) is 0 Å². The van der Waals surface area contributed by atoms with Crippen LogP contribution in [0.25, 0.3) is 0 Å². The Kier molecular flexibility index (Phi) is 7.30. The van der Waals surface area contributed by atoms with Gasteiger partial charge in [-0.2, -0.15) is 0 Å². The third-order valence-electron chi connectivity index (χ3n) is 6.34. The van der Waals surface area contributed by atoms with Crippen molar-refractivity contribution in [1.82, 2.24) is 20.3 Å². The summed E-state index contributed by atoms with van der Waals surface area (Å²) < 4.78 is 7.79. The van der Waals surface area contributed by atoms with E-state index in [-0.39, 0.29) is 24.8 Å². The minimum Gasteiger partial charge on any atom is -0.394 e. The number of halogens is 1. The van der Waals surface area contributed by atoms with E-state index < -0.39 is 11.7 Å². The van der Waals surface area contributed by atoms with Gasteiger partial charge in [-0.05, 0) is 56.4 Å². The molecule has 10 heteroatoms. The molecule has 32 heavy (non-hydrogen) atoms. The monoisotopic (exact) mass is 463 g/mol. The number of ether oxygens (including phenoxy) is 1. The third kappa shape index (κ3) is 5.58. The lowest BCUT2D eigenvalue weighted by Gasteiger charge is -2.36. The summed E-state index contributed by atoms with van der Waals surface area (Å²) in [7, 11) is 0. The number of hydrogen-bond acceptors (Lipinski definition) is 6. The molecule has 1 aromatic heterocycles. The molecule has 4 rings (SSSR count). The molecule has 4 N–H and O–H groups in total. The highest BCUT2D eigenvalue weighted by Crippen LogP contribution is 2.37. The van der Waals surface area contributed by atoms with Gasteiger partial charge < -0.3 is 25.6 Å². The molecule has 2 aliphatic rings. The zero-order chi connectivity index (χ0) is 22.6. The van der Waals surface area contributed by atoms with Crippen LogP contribution in [0.4, 0.5) is 10.5 Å². The Balaban J connectivity index is 1.25. The molecule has 1 aliphatic heterocycles. The predicted octanol–water partition coefficient (Wildman–Crippen LogP) is 2.81. The number of anilines is 1. The fourth-order valence-corrected chi connectivity index (χ4v) is 4.62. The highest BCUT2D eigenvalue weighted by atomic mass is 35.5. The molecule has 0 spiro atoms. The first kappa shape index (κ1) is 23.0. The van der Waals surface area contributed by atoms with E-state index in [0.29, 0.717) is 35.8 Å². The molecule has 174 valence electrons. The number of benzene rings is 1. The first-order chi connectivity index (χ1) is 15.4. The topological polar surface area (TPSA) is 122 Å². The number of carbonyl (C=O) groups is 1. The van der Waals surface area contributed by atoms with E-state index in [1.54, 1.807) is 28.9 Å². The van der Waals surface area contributed by atoms with Crippen LogP contribution in [-0.4, -0.2) is 56.1 Å². The van der Waals surface area contributed by atoms with Crippen LogP contribution < -0.4 is 10.6 Å². The molecule has 2 amide bonds. The first-order valence-corrected chi connectivity index (χ1v) is 11.6. The lowest BCUT2D eigenvalue weighted by atomic mass is 9.97. The van der Waals surface area contributed by atoms with Crippen LogP contribution in [0.1, 0.15) is 50.6 Å². The molecule has 1 aromatic carbocycles. The summed E-state index contributed by atoms with van der Waals surface area (Å²) in [5, 5.41) is 35.0. The molecule has 0 unspecified atom stereocenters. The number of aryl methyl sites for hydroxylation is 1.